The monoisotopic (exact) mass is 250 g/mol. The first-order chi connectivity index (χ1) is 6.49. The van der Waals surface area contributed by atoms with E-state index in [4.69, 9.17) is 5.11 Å². The van der Waals surface area contributed by atoms with Gasteiger partial charge < -0.3 is 5.11 Å². The number of aliphatic carboxylic acids is 1. The molecule has 0 aromatic rings. The third kappa shape index (κ3) is 3.67. The molecule has 0 heterocycles. The van der Waals surface area contributed by atoms with Crippen molar-refractivity contribution in [3.05, 3.63) is 0 Å². The summed E-state index contributed by atoms with van der Waals surface area (Å²) in [6, 6.07) is 0. The van der Waals surface area contributed by atoms with E-state index in [1.807, 2.05) is 0 Å². The number of halogens is 3. The van der Waals surface area contributed by atoms with E-state index in [0.717, 1.165) is 0 Å². The van der Waals surface area contributed by atoms with Crippen LogP contribution in [-0.4, -0.2) is 31.1 Å². The van der Waals surface area contributed by atoms with Crippen LogP contribution in [0.4, 0.5) is 13.2 Å². The van der Waals surface area contributed by atoms with E-state index >= 15 is 0 Å². The Morgan fingerprint density at radius 3 is 1.93 bits per heavy atom. The van der Waals surface area contributed by atoms with Gasteiger partial charge in [0.2, 0.25) is 0 Å². The summed E-state index contributed by atoms with van der Waals surface area (Å²) in [7, 11) is -5.87. The maximum Gasteiger partial charge on any atom is 0.523 e. The molecule has 0 fully saturated rings. The fraction of sp³-hybridized carbons (Fsp3) is 0.833. The van der Waals surface area contributed by atoms with Gasteiger partial charge in [0.1, 0.15) is 0 Å². The van der Waals surface area contributed by atoms with Crippen LogP contribution >= 0.6 is 0 Å². The largest absolute Gasteiger partial charge is 0.523 e. The molecule has 0 saturated heterocycles. The van der Waals surface area contributed by atoms with Gasteiger partial charge in [0.05, 0.1) is 0 Å². The van der Waals surface area contributed by atoms with E-state index in [-0.39, 0.29) is 0 Å². The minimum absolute atomic E-state index is 0.903. The Hall–Kier alpha value is -0.830. The topological polar surface area (TPSA) is 80.7 Å². The molecule has 1 unspecified atom stereocenters. The van der Waals surface area contributed by atoms with Crippen LogP contribution in [0.2, 0.25) is 0 Å². The zero-order valence-corrected chi connectivity index (χ0v) is 8.59. The molecule has 0 amide bonds. The summed E-state index contributed by atoms with van der Waals surface area (Å²) in [6.45, 7) is 2.45. The zero-order chi connectivity index (χ0) is 12.4. The van der Waals surface area contributed by atoms with Crippen molar-refractivity contribution in [3.63, 3.8) is 0 Å². The molecule has 0 rings (SSSR count). The van der Waals surface area contributed by atoms with Gasteiger partial charge in [0.25, 0.3) is 0 Å². The quantitative estimate of drug-likeness (QED) is 0.593. The summed E-state index contributed by atoms with van der Waals surface area (Å²) in [5, 5.41) is 8.42. The summed E-state index contributed by atoms with van der Waals surface area (Å²) >= 11 is 0. The van der Waals surface area contributed by atoms with Gasteiger partial charge in [-0.3, -0.25) is 0 Å². The molecule has 0 aromatic heterocycles. The standard InChI is InChI=1S/C6H9F3O5S/c1-3(2)4(5(10)11)14-15(12,13)6(7,8)9/h3-4H,1-2H3,(H,10,11). The SMILES string of the molecule is CC(C)C(OS(=O)(=O)C(F)(F)F)C(=O)O. The van der Waals surface area contributed by atoms with Crippen molar-refractivity contribution in [2.75, 3.05) is 0 Å². The van der Waals surface area contributed by atoms with E-state index < -0.39 is 33.6 Å². The zero-order valence-electron chi connectivity index (χ0n) is 7.78. The molecule has 0 aliphatic carbocycles. The molecule has 0 aromatic carbocycles. The lowest BCUT2D eigenvalue weighted by atomic mass is 10.1. The molecule has 5 nitrogen and oxygen atoms in total. The fourth-order valence-electron chi connectivity index (χ4n) is 0.628. The van der Waals surface area contributed by atoms with Crippen molar-refractivity contribution < 1.29 is 35.7 Å². The van der Waals surface area contributed by atoms with Crippen LogP contribution in [0, 0.1) is 5.92 Å². The average molecular weight is 250 g/mol. The second-order valence-corrected chi connectivity index (χ2v) is 4.56. The lowest BCUT2D eigenvalue weighted by Crippen LogP contribution is -2.37. The van der Waals surface area contributed by atoms with Gasteiger partial charge in [-0.1, -0.05) is 13.8 Å². The normalized spacial score (nSPS) is 15.3. The van der Waals surface area contributed by atoms with Crippen LogP contribution in [0.5, 0.6) is 0 Å². The van der Waals surface area contributed by atoms with Gasteiger partial charge >= 0.3 is 21.6 Å². The van der Waals surface area contributed by atoms with Gasteiger partial charge in [0.15, 0.2) is 6.10 Å². The first-order valence-corrected chi connectivity index (χ1v) is 5.12. The number of carboxylic acids is 1. The van der Waals surface area contributed by atoms with Crippen molar-refractivity contribution in [1.82, 2.24) is 0 Å². The molecule has 0 aliphatic heterocycles. The van der Waals surface area contributed by atoms with E-state index in [0.29, 0.717) is 0 Å². The molecule has 90 valence electrons. The third-order valence-electron chi connectivity index (χ3n) is 1.36. The van der Waals surface area contributed by atoms with Crippen molar-refractivity contribution in [2.45, 2.75) is 25.5 Å². The van der Waals surface area contributed by atoms with Crippen molar-refractivity contribution in [1.29, 1.82) is 0 Å². The summed E-state index contributed by atoms with van der Waals surface area (Å²) < 4.78 is 59.9. The van der Waals surface area contributed by atoms with Crippen LogP contribution in [-0.2, 0) is 19.1 Å². The first kappa shape index (κ1) is 14.2. The number of hydrogen-bond donors (Lipinski definition) is 1. The maximum atomic E-state index is 11.8. The Bertz CT molecular complexity index is 331. The molecule has 15 heavy (non-hydrogen) atoms. The molecular formula is C6H9F3O5S. The molecule has 9 heteroatoms. The molecule has 1 atom stereocenters. The molecule has 0 aliphatic rings. The minimum Gasteiger partial charge on any atom is -0.479 e. The molecule has 0 spiro atoms. The third-order valence-corrected chi connectivity index (χ3v) is 2.39. The maximum absolute atomic E-state index is 11.8. The van der Waals surface area contributed by atoms with Gasteiger partial charge in [-0.05, 0) is 5.92 Å². The summed E-state index contributed by atoms with van der Waals surface area (Å²) in [5.41, 5.74) is -5.62. The number of carboxylic acid groups (broad SMARTS) is 1. The number of hydrogen-bond acceptors (Lipinski definition) is 4. The van der Waals surface area contributed by atoms with Crippen LogP contribution < -0.4 is 0 Å². The van der Waals surface area contributed by atoms with Crippen molar-refractivity contribution in [2.24, 2.45) is 5.92 Å². The number of carbonyl (C=O) groups is 1. The van der Waals surface area contributed by atoms with Gasteiger partial charge in [-0.15, -0.1) is 0 Å². The summed E-state index contributed by atoms with van der Waals surface area (Å²) in [6.07, 6.45) is -2.04. The molecule has 0 bridgehead atoms. The van der Waals surface area contributed by atoms with E-state index in [2.05, 4.69) is 4.18 Å². The van der Waals surface area contributed by atoms with Crippen LogP contribution in [0.25, 0.3) is 0 Å². The van der Waals surface area contributed by atoms with E-state index in [1.165, 1.54) is 13.8 Å². The predicted molar refractivity (Wildman–Crippen MR) is 42.3 cm³/mol. The smallest absolute Gasteiger partial charge is 0.479 e. The number of rotatable bonds is 4. The fourth-order valence-corrected chi connectivity index (χ4v) is 1.32. The highest BCUT2D eigenvalue weighted by atomic mass is 32.2. The van der Waals surface area contributed by atoms with Gasteiger partial charge in [-0.2, -0.15) is 21.6 Å². The van der Waals surface area contributed by atoms with E-state index in [9.17, 15) is 26.4 Å². The van der Waals surface area contributed by atoms with Crippen LogP contribution in [0.15, 0.2) is 0 Å². The summed E-state index contributed by atoms with van der Waals surface area (Å²) in [4.78, 5) is 10.4. The Morgan fingerprint density at radius 2 is 1.73 bits per heavy atom. The Labute approximate surface area is 84.0 Å². The second kappa shape index (κ2) is 4.35. The van der Waals surface area contributed by atoms with Crippen molar-refractivity contribution in [3.8, 4) is 0 Å². The Kier molecular flexibility index (Phi) is 4.11. The average Bonchev–Trinajstić information content (AvgIpc) is 1.96. The predicted octanol–water partition coefficient (Wildman–Crippen LogP) is 0.962. The Balaban J connectivity index is 4.93. The molecule has 1 N–H and O–H groups in total. The second-order valence-electron chi connectivity index (χ2n) is 3.00. The molecular weight excluding hydrogens is 241 g/mol. The van der Waals surface area contributed by atoms with Crippen LogP contribution in [0.1, 0.15) is 13.8 Å². The van der Waals surface area contributed by atoms with Crippen LogP contribution in [0.3, 0.4) is 0 Å². The Morgan fingerprint density at radius 1 is 1.33 bits per heavy atom. The highest BCUT2D eigenvalue weighted by Gasteiger charge is 2.49. The lowest BCUT2D eigenvalue weighted by molar-refractivity contribution is -0.147. The van der Waals surface area contributed by atoms with E-state index in [1.54, 1.807) is 0 Å². The molecule has 0 saturated carbocycles. The van der Waals surface area contributed by atoms with Crippen molar-refractivity contribution >= 4 is 16.1 Å². The van der Waals surface area contributed by atoms with Gasteiger partial charge in [0, 0.05) is 0 Å². The minimum atomic E-state index is -5.87. The first-order valence-electron chi connectivity index (χ1n) is 3.71. The highest BCUT2D eigenvalue weighted by molar-refractivity contribution is 7.87. The highest BCUT2D eigenvalue weighted by Crippen LogP contribution is 2.27. The lowest BCUT2D eigenvalue weighted by Gasteiger charge is -2.17. The molecule has 0 radical (unpaired) electrons. The van der Waals surface area contributed by atoms with Gasteiger partial charge in [-0.25, -0.2) is 8.98 Å². The summed E-state index contributed by atoms with van der Waals surface area (Å²) in [5.74, 6) is -2.67. The number of alkyl halides is 3.